The molecule has 0 amide bonds. The maximum Gasteiger partial charge on any atom is 0.261 e. The lowest BCUT2D eigenvalue weighted by atomic mass is 10.2. The number of hydrogen-bond acceptors (Lipinski definition) is 3. The fourth-order valence-corrected chi connectivity index (χ4v) is 2.71. The van der Waals surface area contributed by atoms with Crippen LogP contribution in [0.15, 0.2) is 53.4 Å². The molecule has 5 nitrogen and oxygen atoms in total. The summed E-state index contributed by atoms with van der Waals surface area (Å²) in [4.78, 5) is 0.207. The third-order valence-corrected chi connectivity index (χ3v) is 4.18. The van der Waals surface area contributed by atoms with Crippen LogP contribution >= 0.6 is 0 Å². The highest BCUT2D eigenvalue weighted by molar-refractivity contribution is 7.92. The Labute approximate surface area is 118 Å². The predicted molar refractivity (Wildman–Crippen MR) is 79.4 cm³/mol. The van der Waals surface area contributed by atoms with Crippen molar-refractivity contribution < 1.29 is 8.42 Å². The van der Waals surface area contributed by atoms with Crippen molar-refractivity contribution >= 4 is 21.5 Å². The molecule has 4 N–H and O–H groups in total. The van der Waals surface area contributed by atoms with E-state index in [1.54, 1.807) is 48.5 Å². The lowest BCUT2D eigenvalue weighted by molar-refractivity contribution is 0.601. The lowest BCUT2D eigenvalue weighted by Crippen LogP contribution is -2.14. The van der Waals surface area contributed by atoms with Crippen LogP contribution in [0.4, 0.5) is 5.69 Å². The van der Waals surface area contributed by atoms with E-state index in [0.717, 1.165) is 5.56 Å². The second-order valence-electron chi connectivity index (χ2n) is 4.41. The van der Waals surface area contributed by atoms with Crippen molar-refractivity contribution in [2.75, 3.05) is 4.72 Å². The molecule has 0 aliphatic carbocycles. The minimum atomic E-state index is -3.60. The van der Waals surface area contributed by atoms with E-state index in [-0.39, 0.29) is 10.7 Å². The molecule has 2 aromatic rings. The number of hydrogen-bond donors (Lipinski definition) is 3. The van der Waals surface area contributed by atoms with Gasteiger partial charge in [0.15, 0.2) is 0 Å². The zero-order valence-corrected chi connectivity index (χ0v) is 11.7. The van der Waals surface area contributed by atoms with Gasteiger partial charge in [-0.2, -0.15) is 0 Å². The van der Waals surface area contributed by atoms with Crippen LogP contribution in [0.3, 0.4) is 0 Å². The summed E-state index contributed by atoms with van der Waals surface area (Å²) in [5.41, 5.74) is 7.31. The summed E-state index contributed by atoms with van der Waals surface area (Å²) >= 11 is 0. The molecule has 0 aliphatic heterocycles. The Morgan fingerprint density at radius 1 is 1.05 bits per heavy atom. The summed E-state index contributed by atoms with van der Waals surface area (Å²) in [6, 6.07) is 12.9. The van der Waals surface area contributed by atoms with Crippen molar-refractivity contribution in [1.82, 2.24) is 0 Å². The van der Waals surface area contributed by atoms with Crippen LogP contribution in [0.5, 0.6) is 0 Å². The Morgan fingerprint density at radius 2 is 1.60 bits per heavy atom. The van der Waals surface area contributed by atoms with Gasteiger partial charge in [-0.15, -0.1) is 0 Å². The van der Waals surface area contributed by atoms with Crippen LogP contribution in [-0.4, -0.2) is 14.3 Å². The van der Waals surface area contributed by atoms with Gasteiger partial charge in [-0.1, -0.05) is 17.7 Å². The molecule has 2 rings (SSSR count). The molecule has 0 aliphatic rings. The number of sulfonamides is 1. The largest absolute Gasteiger partial charge is 0.384 e. The van der Waals surface area contributed by atoms with Crippen molar-refractivity contribution in [3.63, 3.8) is 0 Å². The maximum absolute atomic E-state index is 12.2. The molecule has 0 radical (unpaired) electrons. The summed E-state index contributed by atoms with van der Waals surface area (Å²) in [7, 11) is -3.60. The van der Waals surface area contributed by atoms with Gasteiger partial charge in [-0.05, 0) is 43.3 Å². The smallest absolute Gasteiger partial charge is 0.261 e. The second-order valence-corrected chi connectivity index (χ2v) is 6.09. The van der Waals surface area contributed by atoms with E-state index >= 15 is 0 Å². The molecule has 0 saturated carbocycles. The molecular weight excluding hydrogens is 274 g/mol. The first-order chi connectivity index (χ1) is 9.38. The second kappa shape index (κ2) is 5.34. The molecule has 6 heteroatoms. The van der Waals surface area contributed by atoms with Crippen LogP contribution in [0.1, 0.15) is 11.1 Å². The third-order valence-electron chi connectivity index (χ3n) is 2.78. The quantitative estimate of drug-likeness (QED) is 0.594. The van der Waals surface area contributed by atoms with Gasteiger partial charge in [-0.3, -0.25) is 10.1 Å². The van der Waals surface area contributed by atoms with Gasteiger partial charge in [0.05, 0.1) is 4.90 Å². The number of nitrogens with two attached hydrogens (primary N) is 1. The number of nitrogens with one attached hydrogen (secondary N) is 2. The van der Waals surface area contributed by atoms with Gasteiger partial charge in [0, 0.05) is 11.3 Å². The van der Waals surface area contributed by atoms with Crippen molar-refractivity contribution in [1.29, 1.82) is 5.41 Å². The predicted octanol–water partition coefficient (Wildman–Crippen LogP) is 2.08. The number of benzene rings is 2. The number of aryl methyl sites for hydroxylation is 1. The first kappa shape index (κ1) is 14.1. The van der Waals surface area contributed by atoms with Gasteiger partial charge in [-0.25, -0.2) is 8.42 Å². The molecule has 0 saturated heterocycles. The Hall–Kier alpha value is -2.34. The van der Waals surface area contributed by atoms with E-state index in [2.05, 4.69) is 4.72 Å². The van der Waals surface area contributed by atoms with E-state index in [1.807, 2.05) is 6.92 Å². The third kappa shape index (κ3) is 3.16. The Balaban J connectivity index is 2.24. The molecule has 20 heavy (non-hydrogen) atoms. The molecule has 0 unspecified atom stereocenters. The topological polar surface area (TPSA) is 96.0 Å². The van der Waals surface area contributed by atoms with Crippen LogP contribution in [0, 0.1) is 12.3 Å². The normalized spacial score (nSPS) is 11.1. The molecule has 0 spiro atoms. The monoisotopic (exact) mass is 289 g/mol. The fourth-order valence-electron chi connectivity index (χ4n) is 1.65. The molecule has 0 heterocycles. The fraction of sp³-hybridized carbons (Fsp3) is 0.0714. The summed E-state index contributed by atoms with van der Waals surface area (Å²) in [5.74, 6) is -0.0575. The van der Waals surface area contributed by atoms with Crippen molar-refractivity contribution in [2.45, 2.75) is 11.8 Å². The number of anilines is 1. The number of nitrogen functional groups attached to an aromatic ring is 1. The minimum Gasteiger partial charge on any atom is -0.384 e. The Bertz CT molecular complexity index is 720. The molecule has 0 fully saturated rings. The van der Waals surface area contributed by atoms with Gasteiger partial charge < -0.3 is 5.73 Å². The highest BCUT2D eigenvalue weighted by Crippen LogP contribution is 2.17. The zero-order valence-electron chi connectivity index (χ0n) is 10.9. The SMILES string of the molecule is Cc1ccc(S(=O)(=O)Nc2ccc(C(=N)N)cc2)cc1. The standard InChI is InChI=1S/C14H15N3O2S/c1-10-2-8-13(9-3-10)20(18,19)17-12-6-4-11(5-7-12)14(15)16/h2-9,17H,1H3,(H3,15,16). The molecule has 0 bridgehead atoms. The van der Waals surface area contributed by atoms with Crippen molar-refractivity contribution in [3.05, 3.63) is 59.7 Å². The zero-order chi connectivity index (χ0) is 14.8. The molecular formula is C14H15N3O2S. The molecule has 104 valence electrons. The summed E-state index contributed by atoms with van der Waals surface area (Å²) < 4.78 is 26.8. The minimum absolute atomic E-state index is 0.0575. The maximum atomic E-state index is 12.2. The summed E-state index contributed by atoms with van der Waals surface area (Å²) in [5, 5.41) is 7.28. The van der Waals surface area contributed by atoms with Gasteiger partial charge in [0.25, 0.3) is 10.0 Å². The van der Waals surface area contributed by atoms with Crippen molar-refractivity contribution in [3.8, 4) is 0 Å². The van der Waals surface area contributed by atoms with E-state index in [1.165, 1.54) is 0 Å². The average molecular weight is 289 g/mol. The summed E-state index contributed by atoms with van der Waals surface area (Å²) in [6.07, 6.45) is 0. The van der Waals surface area contributed by atoms with Crippen LogP contribution in [-0.2, 0) is 10.0 Å². The van der Waals surface area contributed by atoms with E-state index in [0.29, 0.717) is 11.3 Å². The first-order valence-electron chi connectivity index (χ1n) is 5.92. The van der Waals surface area contributed by atoms with E-state index in [9.17, 15) is 8.42 Å². The van der Waals surface area contributed by atoms with E-state index < -0.39 is 10.0 Å². The van der Waals surface area contributed by atoms with Crippen LogP contribution in [0.2, 0.25) is 0 Å². The number of amidine groups is 1. The van der Waals surface area contributed by atoms with Crippen molar-refractivity contribution in [2.24, 2.45) is 5.73 Å². The Morgan fingerprint density at radius 3 is 2.10 bits per heavy atom. The number of rotatable bonds is 4. The average Bonchev–Trinajstić information content (AvgIpc) is 2.39. The van der Waals surface area contributed by atoms with Gasteiger partial charge in [0.1, 0.15) is 5.84 Å². The van der Waals surface area contributed by atoms with E-state index in [4.69, 9.17) is 11.1 Å². The lowest BCUT2D eigenvalue weighted by Gasteiger charge is -2.09. The molecule has 0 aromatic heterocycles. The highest BCUT2D eigenvalue weighted by atomic mass is 32.2. The van der Waals surface area contributed by atoms with Crippen LogP contribution in [0.25, 0.3) is 0 Å². The van der Waals surface area contributed by atoms with Gasteiger partial charge in [0.2, 0.25) is 0 Å². The highest BCUT2D eigenvalue weighted by Gasteiger charge is 2.13. The first-order valence-corrected chi connectivity index (χ1v) is 7.41. The van der Waals surface area contributed by atoms with Crippen LogP contribution < -0.4 is 10.5 Å². The molecule has 2 aromatic carbocycles. The summed E-state index contributed by atoms with van der Waals surface area (Å²) in [6.45, 7) is 1.89. The Kier molecular flexibility index (Phi) is 3.76. The molecule has 0 atom stereocenters. The van der Waals surface area contributed by atoms with Gasteiger partial charge >= 0.3 is 0 Å².